The van der Waals surface area contributed by atoms with Crippen molar-refractivity contribution in [3.63, 3.8) is 0 Å². The summed E-state index contributed by atoms with van der Waals surface area (Å²) in [5.74, 6) is -1.67. The zero-order valence-electron chi connectivity index (χ0n) is 19.9. The van der Waals surface area contributed by atoms with E-state index in [1.54, 1.807) is 24.3 Å². The van der Waals surface area contributed by atoms with Gasteiger partial charge in [-0.15, -0.1) is 0 Å². The molecule has 10 nitrogen and oxygen atoms in total. The molecule has 0 aliphatic heterocycles. The maximum Gasteiger partial charge on any atom is 0.338 e. The van der Waals surface area contributed by atoms with Crippen LogP contribution >= 0.6 is 0 Å². The standard InChI is InChI=1S/C27H23N5O5/c1-3-17-4-6-18(7-5-17)15-37-26(35)19-8-10-20(11-9-19)31-32-24(16(2)33)25(34)28-21-12-13-22-23(14-21)30-27(36)29-22/h3-14,24H,1,15H2,2H3,(H,28,34)(H2,29,30,36). The lowest BCUT2D eigenvalue weighted by Crippen LogP contribution is -2.31. The van der Waals surface area contributed by atoms with Gasteiger partial charge in [0.2, 0.25) is 6.04 Å². The van der Waals surface area contributed by atoms with Crippen molar-refractivity contribution < 1.29 is 19.1 Å². The van der Waals surface area contributed by atoms with Crippen LogP contribution in [0, 0.1) is 0 Å². The van der Waals surface area contributed by atoms with Gasteiger partial charge >= 0.3 is 11.7 Å². The largest absolute Gasteiger partial charge is 0.457 e. The Morgan fingerprint density at radius 3 is 2.38 bits per heavy atom. The fourth-order valence-corrected chi connectivity index (χ4v) is 3.41. The number of imidazole rings is 1. The molecule has 3 N–H and O–H groups in total. The van der Waals surface area contributed by atoms with E-state index in [4.69, 9.17) is 4.74 Å². The molecule has 3 aromatic carbocycles. The number of rotatable bonds is 9. The van der Waals surface area contributed by atoms with Gasteiger partial charge in [-0.3, -0.25) is 9.59 Å². The second-order valence-electron chi connectivity index (χ2n) is 8.13. The van der Waals surface area contributed by atoms with Crippen LogP contribution in [-0.2, 0) is 20.9 Å². The summed E-state index contributed by atoms with van der Waals surface area (Å²) in [6.45, 7) is 5.06. The lowest BCUT2D eigenvalue weighted by atomic mass is 10.1. The number of carbonyl (C=O) groups is 3. The quantitative estimate of drug-likeness (QED) is 0.177. The number of hydrogen-bond donors (Lipinski definition) is 3. The monoisotopic (exact) mass is 497 g/mol. The van der Waals surface area contributed by atoms with Crippen molar-refractivity contribution in [1.82, 2.24) is 9.97 Å². The third kappa shape index (κ3) is 6.31. The van der Waals surface area contributed by atoms with E-state index in [0.29, 0.717) is 28.0 Å². The SMILES string of the molecule is C=Cc1ccc(COC(=O)c2ccc(N=NC(C(C)=O)C(=O)Nc3ccc4[nH]c(=O)[nH]c4c3)cc2)cc1. The Labute approximate surface area is 211 Å². The van der Waals surface area contributed by atoms with E-state index in [9.17, 15) is 19.2 Å². The van der Waals surface area contributed by atoms with Gasteiger partial charge in [0, 0.05) is 5.69 Å². The summed E-state index contributed by atoms with van der Waals surface area (Å²) in [6, 6.07) is 17.0. The summed E-state index contributed by atoms with van der Waals surface area (Å²) in [5.41, 5.74) is 3.59. The molecule has 0 spiro atoms. The first-order valence-corrected chi connectivity index (χ1v) is 11.2. The van der Waals surface area contributed by atoms with Crippen LogP contribution in [-0.4, -0.2) is 33.7 Å². The highest BCUT2D eigenvalue weighted by molar-refractivity contribution is 6.10. The number of fused-ring (bicyclic) bond motifs is 1. The molecule has 0 saturated carbocycles. The minimum absolute atomic E-state index is 0.125. The minimum atomic E-state index is -1.38. The van der Waals surface area contributed by atoms with Crippen LogP contribution in [0.2, 0.25) is 0 Å². The zero-order chi connectivity index (χ0) is 26.4. The van der Waals surface area contributed by atoms with Crippen LogP contribution in [0.1, 0.15) is 28.4 Å². The van der Waals surface area contributed by atoms with Crippen molar-refractivity contribution in [2.45, 2.75) is 19.6 Å². The van der Waals surface area contributed by atoms with Crippen molar-refractivity contribution in [3.05, 3.63) is 100 Å². The predicted molar refractivity (Wildman–Crippen MR) is 139 cm³/mol. The Kier molecular flexibility index (Phi) is 7.48. The first-order valence-electron chi connectivity index (χ1n) is 11.2. The highest BCUT2D eigenvalue weighted by Crippen LogP contribution is 2.18. The van der Waals surface area contributed by atoms with Gasteiger partial charge in [0.1, 0.15) is 6.61 Å². The molecule has 186 valence electrons. The maximum atomic E-state index is 12.7. The van der Waals surface area contributed by atoms with Gasteiger partial charge in [0.25, 0.3) is 5.91 Å². The molecular weight excluding hydrogens is 474 g/mol. The molecular formula is C27H23N5O5. The minimum Gasteiger partial charge on any atom is -0.457 e. The van der Waals surface area contributed by atoms with Crippen molar-refractivity contribution in [2.24, 2.45) is 10.2 Å². The lowest BCUT2D eigenvalue weighted by molar-refractivity contribution is -0.126. The first-order chi connectivity index (χ1) is 17.8. The van der Waals surface area contributed by atoms with Gasteiger partial charge in [-0.25, -0.2) is 9.59 Å². The number of benzene rings is 3. The number of aromatic amines is 2. The van der Waals surface area contributed by atoms with E-state index in [1.165, 1.54) is 31.2 Å². The summed E-state index contributed by atoms with van der Waals surface area (Å²) < 4.78 is 5.34. The number of amides is 1. The van der Waals surface area contributed by atoms with Gasteiger partial charge in [-0.2, -0.15) is 10.2 Å². The normalized spacial score (nSPS) is 11.8. The molecule has 0 saturated heterocycles. The van der Waals surface area contributed by atoms with Gasteiger partial charge in [0.15, 0.2) is 5.78 Å². The molecule has 0 radical (unpaired) electrons. The molecule has 1 aromatic heterocycles. The number of nitrogens with zero attached hydrogens (tertiary/aromatic N) is 2. The van der Waals surface area contributed by atoms with E-state index in [0.717, 1.165) is 11.1 Å². The van der Waals surface area contributed by atoms with Crippen molar-refractivity contribution in [1.29, 1.82) is 0 Å². The second-order valence-corrected chi connectivity index (χ2v) is 8.13. The third-order valence-corrected chi connectivity index (χ3v) is 5.39. The topological polar surface area (TPSA) is 146 Å². The summed E-state index contributed by atoms with van der Waals surface area (Å²) in [5, 5.41) is 10.5. The Morgan fingerprint density at radius 1 is 1.00 bits per heavy atom. The molecule has 0 fully saturated rings. The highest BCUT2D eigenvalue weighted by Gasteiger charge is 2.23. The van der Waals surface area contributed by atoms with Gasteiger partial charge in [-0.1, -0.05) is 36.9 Å². The van der Waals surface area contributed by atoms with Crippen LogP contribution in [0.5, 0.6) is 0 Å². The molecule has 0 aliphatic rings. The van der Waals surface area contributed by atoms with Gasteiger partial charge < -0.3 is 20.0 Å². The summed E-state index contributed by atoms with van der Waals surface area (Å²) in [6.07, 6.45) is 1.73. The summed E-state index contributed by atoms with van der Waals surface area (Å²) >= 11 is 0. The van der Waals surface area contributed by atoms with Crippen LogP contribution in [0.4, 0.5) is 11.4 Å². The number of azo groups is 1. The number of anilines is 1. The molecule has 1 atom stereocenters. The number of aromatic nitrogens is 2. The molecule has 1 heterocycles. The van der Waals surface area contributed by atoms with Crippen molar-refractivity contribution >= 4 is 46.1 Å². The molecule has 4 aromatic rings. The smallest absolute Gasteiger partial charge is 0.338 e. The van der Waals surface area contributed by atoms with Crippen molar-refractivity contribution in [2.75, 3.05) is 5.32 Å². The van der Waals surface area contributed by atoms with E-state index >= 15 is 0 Å². The van der Waals surface area contributed by atoms with Crippen LogP contribution in [0.15, 0.2) is 88.3 Å². The number of esters is 1. The number of ether oxygens (including phenoxy) is 1. The van der Waals surface area contributed by atoms with Crippen LogP contribution in [0.3, 0.4) is 0 Å². The van der Waals surface area contributed by atoms with Gasteiger partial charge in [-0.05, 0) is 60.5 Å². The molecule has 10 heteroatoms. The Balaban J connectivity index is 1.37. The molecule has 0 bridgehead atoms. The number of carbonyl (C=O) groups excluding carboxylic acids is 3. The molecule has 4 rings (SSSR count). The number of nitrogens with one attached hydrogen (secondary N) is 3. The number of H-pyrrole nitrogens is 2. The summed E-state index contributed by atoms with van der Waals surface area (Å²) in [4.78, 5) is 53.7. The Morgan fingerprint density at radius 2 is 1.70 bits per heavy atom. The van der Waals surface area contributed by atoms with E-state index < -0.39 is 23.7 Å². The number of ketones is 1. The number of hydrogen-bond acceptors (Lipinski definition) is 7. The summed E-state index contributed by atoms with van der Waals surface area (Å²) in [7, 11) is 0. The van der Waals surface area contributed by atoms with E-state index in [2.05, 4.69) is 32.1 Å². The predicted octanol–water partition coefficient (Wildman–Crippen LogP) is 4.54. The fraction of sp³-hybridized carbons (Fsp3) is 0.111. The Bertz CT molecular complexity index is 1550. The van der Waals surface area contributed by atoms with Crippen LogP contribution < -0.4 is 11.0 Å². The molecule has 0 aliphatic carbocycles. The van der Waals surface area contributed by atoms with Crippen LogP contribution in [0.25, 0.3) is 17.1 Å². The zero-order valence-corrected chi connectivity index (χ0v) is 19.9. The fourth-order valence-electron chi connectivity index (χ4n) is 3.41. The average molecular weight is 498 g/mol. The maximum absolute atomic E-state index is 12.7. The second kappa shape index (κ2) is 11.1. The first kappa shape index (κ1) is 25.0. The molecule has 37 heavy (non-hydrogen) atoms. The van der Waals surface area contributed by atoms with Gasteiger partial charge in [0.05, 0.1) is 22.3 Å². The average Bonchev–Trinajstić information content (AvgIpc) is 3.27. The van der Waals surface area contributed by atoms with E-state index in [-0.39, 0.29) is 12.3 Å². The lowest BCUT2D eigenvalue weighted by Gasteiger charge is -2.09. The Hall–Kier alpha value is -5.12. The van der Waals surface area contributed by atoms with Crippen molar-refractivity contribution in [3.8, 4) is 0 Å². The third-order valence-electron chi connectivity index (χ3n) is 5.39. The molecule has 1 unspecified atom stereocenters. The van der Waals surface area contributed by atoms with E-state index in [1.807, 2.05) is 24.3 Å². The molecule has 1 amide bonds. The highest BCUT2D eigenvalue weighted by atomic mass is 16.5. The number of Topliss-reactive ketones (excluding diaryl/α,β-unsaturated/α-hetero) is 1.